The second kappa shape index (κ2) is 5.80. The first-order valence-corrected chi connectivity index (χ1v) is 6.16. The van der Waals surface area contributed by atoms with Crippen LogP contribution >= 0.6 is 0 Å². The van der Waals surface area contributed by atoms with Gasteiger partial charge in [-0.1, -0.05) is 45.9 Å². The van der Waals surface area contributed by atoms with Crippen LogP contribution in [0.2, 0.25) is 0 Å². The van der Waals surface area contributed by atoms with Gasteiger partial charge < -0.3 is 4.74 Å². The van der Waals surface area contributed by atoms with Crippen LogP contribution in [0.25, 0.3) is 0 Å². The fourth-order valence-corrected chi connectivity index (χ4v) is 1.58. The van der Waals surface area contributed by atoms with Gasteiger partial charge in [0.25, 0.3) is 0 Å². The first kappa shape index (κ1) is 14.4. The molecule has 0 heterocycles. The molecule has 0 fully saturated rings. The van der Waals surface area contributed by atoms with Crippen LogP contribution in [0.15, 0.2) is 30.3 Å². The van der Waals surface area contributed by atoms with Crippen LogP contribution in [-0.2, 0) is 9.53 Å². The van der Waals surface area contributed by atoms with Gasteiger partial charge in [0.1, 0.15) is 0 Å². The van der Waals surface area contributed by atoms with Crippen molar-refractivity contribution in [2.24, 2.45) is 5.41 Å². The standard InChI is InChI=1S/C15H20O3/c1-5-12(13(16)15(2,3)4)18-14(17)11-9-7-6-8-10-11/h6-10,12H,5H2,1-4H3. The lowest BCUT2D eigenvalue weighted by Crippen LogP contribution is -2.35. The van der Waals surface area contributed by atoms with Gasteiger partial charge in [-0.3, -0.25) is 4.79 Å². The number of rotatable bonds is 4. The van der Waals surface area contributed by atoms with Crippen molar-refractivity contribution in [3.63, 3.8) is 0 Å². The second-order valence-electron chi connectivity index (χ2n) is 5.28. The van der Waals surface area contributed by atoms with Crippen molar-refractivity contribution < 1.29 is 14.3 Å². The Morgan fingerprint density at radius 1 is 1.17 bits per heavy atom. The highest BCUT2D eigenvalue weighted by Gasteiger charge is 2.31. The van der Waals surface area contributed by atoms with Crippen molar-refractivity contribution >= 4 is 11.8 Å². The Morgan fingerprint density at radius 3 is 2.17 bits per heavy atom. The van der Waals surface area contributed by atoms with Gasteiger partial charge in [-0.2, -0.15) is 0 Å². The lowest BCUT2D eigenvalue weighted by molar-refractivity contribution is -0.135. The fraction of sp³-hybridized carbons (Fsp3) is 0.467. The average molecular weight is 248 g/mol. The monoisotopic (exact) mass is 248 g/mol. The Bertz CT molecular complexity index is 415. The number of ketones is 1. The predicted molar refractivity (Wildman–Crippen MR) is 70.4 cm³/mol. The van der Waals surface area contributed by atoms with E-state index in [9.17, 15) is 9.59 Å². The molecule has 0 saturated heterocycles. The molecule has 1 aromatic rings. The minimum atomic E-state index is -0.669. The highest BCUT2D eigenvalue weighted by Crippen LogP contribution is 2.20. The molecule has 0 aliphatic heterocycles. The van der Waals surface area contributed by atoms with Crippen LogP contribution in [0.5, 0.6) is 0 Å². The molecule has 0 saturated carbocycles. The van der Waals surface area contributed by atoms with Crippen LogP contribution in [0.4, 0.5) is 0 Å². The fourth-order valence-electron chi connectivity index (χ4n) is 1.58. The van der Waals surface area contributed by atoms with Gasteiger partial charge in [0.05, 0.1) is 5.56 Å². The number of hydrogen-bond acceptors (Lipinski definition) is 3. The van der Waals surface area contributed by atoms with Gasteiger partial charge in [0, 0.05) is 5.41 Å². The van der Waals surface area contributed by atoms with E-state index in [1.165, 1.54) is 0 Å². The number of carbonyl (C=O) groups is 2. The zero-order valence-electron chi connectivity index (χ0n) is 11.4. The smallest absolute Gasteiger partial charge is 0.338 e. The third kappa shape index (κ3) is 3.69. The van der Waals surface area contributed by atoms with E-state index in [0.29, 0.717) is 12.0 Å². The van der Waals surface area contributed by atoms with Gasteiger partial charge in [0.2, 0.25) is 0 Å². The summed E-state index contributed by atoms with van der Waals surface area (Å²) in [5.41, 5.74) is -0.0323. The normalized spacial score (nSPS) is 12.9. The lowest BCUT2D eigenvalue weighted by Gasteiger charge is -2.23. The van der Waals surface area contributed by atoms with E-state index < -0.39 is 17.5 Å². The number of benzene rings is 1. The van der Waals surface area contributed by atoms with Crippen LogP contribution in [0.1, 0.15) is 44.5 Å². The summed E-state index contributed by atoms with van der Waals surface area (Å²) in [7, 11) is 0. The maximum Gasteiger partial charge on any atom is 0.338 e. The van der Waals surface area contributed by atoms with Crippen molar-refractivity contribution in [1.82, 2.24) is 0 Å². The minimum absolute atomic E-state index is 0.0470. The molecule has 0 spiro atoms. The van der Waals surface area contributed by atoms with E-state index in [1.807, 2.05) is 33.8 Å². The van der Waals surface area contributed by atoms with Crippen LogP contribution < -0.4 is 0 Å². The number of esters is 1. The van der Waals surface area contributed by atoms with Crippen LogP contribution in [0, 0.1) is 5.41 Å². The molecule has 0 bridgehead atoms. The number of carbonyl (C=O) groups excluding carboxylic acids is 2. The SMILES string of the molecule is CCC(OC(=O)c1ccccc1)C(=O)C(C)(C)C. The molecule has 1 rings (SSSR count). The third-order valence-electron chi connectivity index (χ3n) is 2.66. The van der Waals surface area contributed by atoms with Crippen molar-refractivity contribution in [3.8, 4) is 0 Å². The van der Waals surface area contributed by atoms with Gasteiger partial charge >= 0.3 is 5.97 Å². The maximum absolute atomic E-state index is 12.1. The summed E-state index contributed by atoms with van der Waals surface area (Å²) in [6, 6.07) is 8.72. The predicted octanol–water partition coefficient (Wildman–Crippen LogP) is 3.24. The molecule has 0 radical (unpaired) electrons. The Balaban J connectivity index is 2.76. The maximum atomic E-state index is 12.1. The summed E-state index contributed by atoms with van der Waals surface area (Å²) in [4.78, 5) is 24.0. The first-order chi connectivity index (χ1) is 8.36. The third-order valence-corrected chi connectivity index (χ3v) is 2.66. The Morgan fingerprint density at radius 2 is 1.72 bits per heavy atom. The Hall–Kier alpha value is -1.64. The molecule has 1 aromatic carbocycles. The number of ether oxygens (including phenoxy) is 1. The minimum Gasteiger partial charge on any atom is -0.451 e. The molecule has 1 atom stereocenters. The van der Waals surface area contributed by atoms with Gasteiger partial charge in [-0.05, 0) is 18.6 Å². The van der Waals surface area contributed by atoms with Gasteiger partial charge in [0.15, 0.2) is 11.9 Å². The largest absolute Gasteiger partial charge is 0.451 e. The Labute approximate surface area is 108 Å². The molecule has 1 unspecified atom stereocenters. The molecular weight excluding hydrogens is 228 g/mol. The molecule has 0 aromatic heterocycles. The van der Waals surface area contributed by atoms with Crippen molar-refractivity contribution in [3.05, 3.63) is 35.9 Å². The lowest BCUT2D eigenvalue weighted by atomic mass is 9.87. The summed E-state index contributed by atoms with van der Waals surface area (Å²) >= 11 is 0. The first-order valence-electron chi connectivity index (χ1n) is 6.16. The van der Waals surface area contributed by atoms with E-state index in [2.05, 4.69) is 0 Å². The van der Waals surface area contributed by atoms with Crippen LogP contribution in [-0.4, -0.2) is 17.9 Å². The molecule has 3 nitrogen and oxygen atoms in total. The molecule has 18 heavy (non-hydrogen) atoms. The number of Topliss-reactive ketones (excluding diaryl/α,β-unsaturated/α-hetero) is 1. The molecule has 98 valence electrons. The zero-order chi connectivity index (χ0) is 13.8. The van der Waals surface area contributed by atoms with Crippen molar-refractivity contribution in [1.29, 1.82) is 0 Å². The summed E-state index contributed by atoms with van der Waals surface area (Å²) in [6.45, 7) is 7.32. The molecule has 3 heteroatoms. The molecule has 0 amide bonds. The topological polar surface area (TPSA) is 43.4 Å². The molecule has 0 N–H and O–H groups in total. The number of hydrogen-bond donors (Lipinski definition) is 0. The van der Waals surface area contributed by atoms with E-state index in [0.717, 1.165) is 0 Å². The van der Waals surface area contributed by atoms with E-state index >= 15 is 0 Å². The van der Waals surface area contributed by atoms with E-state index in [1.54, 1.807) is 24.3 Å². The summed E-state index contributed by atoms with van der Waals surface area (Å²) in [5.74, 6) is -0.491. The highest BCUT2D eigenvalue weighted by atomic mass is 16.5. The Kier molecular flexibility index (Phi) is 4.65. The van der Waals surface area contributed by atoms with Gasteiger partial charge in [-0.25, -0.2) is 4.79 Å². The van der Waals surface area contributed by atoms with Crippen molar-refractivity contribution in [2.45, 2.75) is 40.2 Å². The van der Waals surface area contributed by atoms with Gasteiger partial charge in [-0.15, -0.1) is 0 Å². The van der Waals surface area contributed by atoms with Crippen molar-refractivity contribution in [2.75, 3.05) is 0 Å². The molecular formula is C15H20O3. The molecule has 0 aliphatic carbocycles. The van der Waals surface area contributed by atoms with E-state index in [-0.39, 0.29) is 5.78 Å². The zero-order valence-corrected chi connectivity index (χ0v) is 11.4. The second-order valence-corrected chi connectivity index (χ2v) is 5.28. The van der Waals surface area contributed by atoms with E-state index in [4.69, 9.17) is 4.74 Å². The highest BCUT2D eigenvalue weighted by molar-refractivity contribution is 5.94. The average Bonchev–Trinajstić information content (AvgIpc) is 2.34. The summed E-state index contributed by atoms with van der Waals surface area (Å²) < 4.78 is 5.29. The molecule has 0 aliphatic rings. The summed E-state index contributed by atoms with van der Waals surface area (Å²) in [5, 5.41) is 0. The van der Waals surface area contributed by atoms with Crippen LogP contribution in [0.3, 0.4) is 0 Å². The quantitative estimate of drug-likeness (QED) is 0.768. The summed E-state index contributed by atoms with van der Waals surface area (Å²) in [6.07, 6.45) is -0.174.